The maximum atomic E-state index is 13.1. The molecule has 0 N–H and O–H groups in total. The van der Waals surface area contributed by atoms with E-state index in [-0.39, 0.29) is 5.56 Å². The third kappa shape index (κ3) is 2.70. The van der Waals surface area contributed by atoms with Gasteiger partial charge in [0, 0.05) is 16.5 Å². The Morgan fingerprint density at radius 2 is 2.00 bits per heavy atom. The van der Waals surface area contributed by atoms with Crippen molar-refractivity contribution in [2.45, 2.75) is 20.4 Å². The van der Waals surface area contributed by atoms with Crippen LogP contribution in [-0.2, 0) is 6.54 Å². The van der Waals surface area contributed by atoms with Gasteiger partial charge in [0.05, 0.1) is 31.1 Å². The second kappa shape index (κ2) is 6.42. The van der Waals surface area contributed by atoms with E-state index in [4.69, 9.17) is 9.26 Å². The van der Waals surface area contributed by atoms with Crippen molar-refractivity contribution in [3.05, 3.63) is 63.3 Å². The van der Waals surface area contributed by atoms with Gasteiger partial charge < -0.3 is 9.26 Å². The lowest BCUT2D eigenvalue weighted by molar-refractivity contribution is 0.392. The van der Waals surface area contributed by atoms with Gasteiger partial charge in [0.15, 0.2) is 0 Å². The summed E-state index contributed by atoms with van der Waals surface area (Å²) in [6.45, 7) is 4.11. The first-order valence-electron chi connectivity index (χ1n) is 8.11. The number of hydrogen-bond acceptors (Lipinski definition) is 6. The number of aryl methyl sites for hydroxylation is 2. The molecular formula is C19H17N3O3S. The minimum absolute atomic E-state index is 0.0675. The Morgan fingerprint density at radius 1 is 1.23 bits per heavy atom. The van der Waals surface area contributed by atoms with Gasteiger partial charge in [0.2, 0.25) is 0 Å². The first-order valence-corrected chi connectivity index (χ1v) is 8.99. The first kappa shape index (κ1) is 16.5. The average Bonchev–Trinajstić information content (AvgIpc) is 3.23. The Balaban J connectivity index is 1.83. The van der Waals surface area contributed by atoms with E-state index in [9.17, 15) is 4.79 Å². The van der Waals surface area contributed by atoms with Crippen LogP contribution in [0.2, 0.25) is 0 Å². The lowest BCUT2D eigenvalue weighted by Gasteiger charge is -2.06. The molecule has 0 saturated carbocycles. The minimum Gasteiger partial charge on any atom is -0.497 e. The molecule has 0 saturated heterocycles. The molecule has 0 radical (unpaired) electrons. The molecular weight excluding hydrogens is 350 g/mol. The van der Waals surface area contributed by atoms with Crippen molar-refractivity contribution in [3.63, 3.8) is 0 Å². The Bertz CT molecular complexity index is 1120. The molecule has 0 bridgehead atoms. The van der Waals surface area contributed by atoms with Gasteiger partial charge in [0.1, 0.15) is 16.3 Å². The van der Waals surface area contributed by atoms with Crippen molar-refractivity contribution >= 4 is 21.6 Å². The van der Waals surface area contributed by atoms with Crippen molar-refractivity contribution in [2.75, 3.05) is 7.11 Å². The van der Waals surface area contributed by atoms with Crippen molar-refractivity contribution < 1.29 is 9.26 Å². The molecule has 26 heavy (non-hydrogen) atoms. The fourth-order valence-corrected chi connectivity index (χ4v) is 3.87. The standard InChI is InChI=1S/C19H17N3O3S/c1-11-15(12(2)25-21-11)8-22-10-20-18-17(19(22)23)16(9-26-18)13-4-6-14(24-3)7-5-13/h4-7,9-10H,8H2,1-3H3. The highest BCUT2D eigenvalue weighted by atomic mass is 32.1. The Morgan fingerprint density at radius 3 is 2.65 bits per heavy atom. The molecule has 132 valence electrons. The lowest BCUT2D eigenvalue weighted by atomic mass is 10.1. The molecule has 0 fully saturated rings. The molecule has 6 nitrogen and oxygen atoms in total. The van der Waals surface area contributed by atoms with Crippen LogP contribution >= 0.6 is 11.3 Å². The van der Waals surface area contributed by atoms with Crippen molar-refractivity contribution in [3.8, 4) is 16.9 Å². The van der Waals surface area contributed by atoms with Crippen LogP contribution in [0.5, 0.6) is 5.75 Å². The summed E-state index contributed by atoms with van der Waals surface area (Å²) in [5, 5.41) is 6.56. The predicted octanol–water partition coefficient (Wildman–Crippen LogP) is 3.79. The Kier molecular flexibility index (Phi) is 4.08. The van der Waals surface area contributed by atoms with Crippen LogP contribution in [0.15, 0.2) is 45.3 Å². The maximum Gasteiger partial charge on any atom is 0.263 e. The Labute approximate surface area is 153 Å². The highest BCUT2D eigenvalue weighted by Gasteiger charge is 2.16. The van der Waals surface area contributed by atoms with Gasteiger partial charge >= 0.3 is 0 Å². The monoisotopic (exact) mass is 367 g/mol. The van der Waals surface area contributed by atoms with Crippen LogP contribution in [0.25, 0.3) is 21.3 Å². The van der Waals surface area contributed by atoms with Crippen molar-refractivity contribution in [2.24, 2.45) is 0 Å². The number of ether oxygens (including phenoxy) is 1. The van der Waals surface area contributed by atoms with E-state index in [2.05, 4.69) is 10.1 Å². The summed E-state index contributed by atoms with van der Waals surface area (Å²) < 4.78 is 12.0. The molecule has 4 rings (SSSR count). The molecule has 0 unspecified atom stereocenters. The first-order chi connectivity index (χ1) is 12.6. The number of rotatable bonds is 4. The summed E-state index contributed by atoms with van der Waals surface area (Å²) in [6, 6.07) is 7.67. The smallest absolute Gasteiger partial charge is 0.263 e. The van der Waals surface area contributed by atoms with Crippen LogP contribution in [-0.4, -0.2) is 21.8 Å². The van der Waals surface area contributed by atoms with E-state index in [1.807, 2.05) is 43.5 Å². The number of fused-ring (bicyclic) bond motifs is 1. The van der Waals surface area contributed by atoms with Crippen LogP contribution < -0.4 is 10.3 Å². The predicted molar refractivity (Wildman–Crippen MR) is 101 cm³/mol. The normalized spacial score (nSPS) is 11.2. The lowest BCUT2D eigenvalue weighted by Crippen LogP contribution is -2.21. The number of hydrogen-bond donors (Lipinski definition) is 0. The Hall–Kier alpha value is -2.93. The molecule has 3 heterocycles. The van der Waals surface area contributed by atoms with E-state index in [1.54, 1.807) is 18.0 Å². The van der Waals surface area contributed by atoms with Crippen LogP contribution in [0.4, 0.5) is 0 Å². The van der Waals surface area contributed by atoms with E-state index < -0.39 is 0 Å². The molecule has 0 atom stereocenters. The fourth-order valence-electron chi connectivity index (χ4n) is 2.96. The van der Waals surface area contributed by atoms with Crippen molar-refractivity contribution in [1.29, 1.82) is 0 Å². The van der Waals surface area contributed by atoms with Gasteiger partial charge in [-0.25, -0.2) is 4.98 Å². The zero-order chi connectivity index (χ0) is 18.3. The molecule has 0 aliphatic heterocycles. The van der Waals surface area contributed by atoms with Gasteiger partial charge in [0.25, 0.3) is 5.56 Å². The summed E-state index contributed by atoms with van der Waals surface area (Å²) in [5.74, 6) is 1.50. The third-order valence-electron chi connectivity index (χ3n) is 4.47. The summed E-state index contributed by atoms with van der Waals surface area (Å²) in [7, 11) is 1.63. The minimum atomic E-state index is -0.0675. The maximum absolute atomic E-state index is 13.1. The molecule has 0 amide bonds. The molecule has 1 aromatic carbocycles. The van der Waals surface area contributed by atoms with E-state index in [1.165, 1.54) is 11.3 Å². The second-order valence-electron chi connectivity index (χ2n) is 6.04. The number of aromatic nitrogens is 3. The van der Waals surface area contributed by atoms with Gasteiger partial charge in [-0.1, -0.05) is 17.3 Å². The SMILES string of the molecule is COc1ccc(-c2csc3ncn(Cc4c(C)noc4C)c(=O)c23)cc1. The van der Waals surface area contributed by atoms with E-state index in [0.29, 0.717) is 11.9 Å². The number of thiophene rings is 1. The van der Waals surface area contributed by atoms with E-state index >= 15 is 0 Å². The second-order valence-corrected chi connectivity index (χ2v) is 6.90. The summed E-state index contributed by atoms with van der Waals surface area (Å²) in [5.41, 5.74) is 3.48. The van der Waals surface area contributed by atoms with Gasteiger partial charge in [-0.2, -0.15) is 0 Å². The number of methoxy groups -OCH3 is 1. The summed E-state index contributed by atoms with van der Waals surface area (Å²) in [4.78, 5) is 18.3. The van der Waals surface area contributed by atoms with Crippen LogP contribution in [0.1, 0.15) is 17.0 Å². The zero-order valence-electron chi connectivity index (χ0n) is 14.6. The van der Waals surface area contributed by atoms with E-state index in [0.717, 1.165) is 38.7 Å². The fraction of sp³-hybridized carbons (Fsp3) is 0.211. The summed E-state index contributed by atoms with van der Waals surface area (Å²) >= 11 is 1.47. The highest BCUT2D eigenvalue weighted by Crippen LogP contribution is 2.31. The molecule has 7 heteroatoms. The number of benzene rings is 1. The molecule has 3 aromatic heterocycles. The van der Waals surface area contributed by atoms with Gasteiger partial charge in [-0.3, -0.25) is 9.36 Å². The van der Waals surface area contributed by atoms with Crippen LogP contribution in [0.3, 0.4) is 0 Å². The van der Waals surface area contributed by atoms with Crippen LogP contribution in [0, 0.1) is 13.8 Å². The molecule has 0 spiro atoms. The number of nitrogens with zero attached hydrogens (tertiary/aromatic N) is 3. The molecule has 4 aromatic rings. The summed E-state index contributed by atoms with van der Waals surface area (Å²) in [6.07, 6.45) is 1.59. The zero-order valence-corrected chi connectivity index (χ0v) is 15.5. The average molecular weight is 367 g/mol. The highest BCUT2D eigenvalue weighted by molar-refractivity contribution is 7.17. The van der Waals surface area contributed by atoms with Gasteiger partial charge in [-0.15, -0.1) is 11.3 Å². The largest absolute Gasteiger partial charge is 0.497 e. The van der Waals surface area contributed by atoms with Gasteiger partial charge in [-0.05, 0) is 31.5 Å². The quantitative estimate of drug-likeness (QED) is 0.549. The van der Waals surface area contributed by atoms with Crippen molar-refractivity contribution in [1.82, 2.24) is 14.7 Å². The molecule has 0 aliphatic carbocycles. The topological polar surface area (TPSA) is 70.2 Å². The molecule has 0 aliphatic rings. The third-order valence-corrected chi connectivity index (χ3v) is 5.36.